The molecule has 1 aromatic heterocycles. The lowest BCUT2D eigenvalue weighted by molar-refractivity contribution is -0.137. The lowest BCUT2D eigenvalue weighted by Gasteiger charge is -2.10. The Labute approximate surface area is 101 Å². The van der Waals surface area contributed by atoms with E-state index in [-0.39, 0.29) is 5.02 Å². The molecule has 0 aliphatic heterocycles. The van der Waals surface area contributed by atoms with Crippen LogP contribution in [0.15, 0.2) is 42.7 Å². The van der Waals surface area contributed by atoms with Crippen LogP contribution in [0.3, 0.4) is 0 Å². The van der Waals surface area contributed by atoms with E-state index in [0.29, 0.717) is 11.1 Å². The molecule has 1 heterocycles. The molecule has 5 heteroatoms. The van der Waals surface area contributed by atoms with Gasteiger partial charge in [0.15, 0.2) is 0 Å². The third-order valence-electron chi connectivity index (χ3n) is 2.27. The van der Waals surface area contributed by atoms with E-state index in [2.05, 4.69) is 4.98 Å². The normalized spacial score (nSPS) is 11.5. The monoisotopic (exact) mass is 257 g/mol. The smallest absolute Gasteiger partial charge is 0.264 e. The van der Waals surface area contributed by atoms with Crippen LogP contribution in [0.2, 0.25) is 5.02 Å². The van der Waals surface area contributed by atoms with Crippen molar-refractivity contribution < 1.29 is 13.2 Å². The molecule has 2 aromatic rings. The van der Waals surface area contributed by atoms with Crippen LogP contribution in [0.5, 0.6) is 0 Å². The van der Waals surface area contributed by atoms with Crippen molar-refractivity contribution in [3.63, 3.8) is 0 Å². The maximum absolute atomic E-state index is 12.6. The molecule has 0 aliphatic rings. The van der Waals surface area contributed by atoms with Gasteiger partial charge in [-0.05, 0) is 24.3 Å². The Bertz CT molecular complexity index is 523. The zero-order valence-electron chi connectivity index (χ0n) is 8.50. The van der Waals surface area contributed by atoms with Gasteiger partial charge in [-0.1, -0.05) is 17.7 Å². The van der Waals surface area contributed by atoms with Crippen molar-refractivity contribution in [1.29, 1.82) is 0 Å². The third-order valence-corrected chi connectivity index (χ3v) is 2.60. The Balaban J connectivity index is 2.55. The van der Waals surface area contributed by atoms with Crippen LogP contribution >= 0.6 is 11.6 Å². The number of hydrogen-bond donors (Lipinski definition) is 0. The van der Waals surface area contributed by atoms with Crippen LogP contribution in [0, 0.1) is 0 Å². The van der Waals surface area contributed by atoms with E-state index in [1.807, 2.05) is 0 Å². The molecule has 0 amide bonds. The molecule has 0 spiro atoms. The largest absolute Gasteiger partial charge is 0.416 e. The zero-order chi connectivity index (χ0) is 12.5. The predicted molar refractivity (Wildman–Crippen MR) is 59.7 cm³/mol. The highest BCUT2D eigenvalue weighted by molar-refractivity contribution is 6.33. The molecule has 2 rings (SSSR count). The van der Waals surface area contributed by atoms with E-state index in [0.717, 1.165) is 12.1 Å². The number of benzene rings is 1. The van der Waals surface area contributed by atoms with Gasteiger partial charge in [-0.25, -0.2) is 0 Å². The fraction of sp³-hybridized carbons (Fsp3) is 0.0833. The number of pyridine rings is 1. The van der Waals surface area contributed by atoms with E-state index in [9.17, 15) is 13.2 Å². The van der Waals surface area contributed by atoms with Crippen molar-refractivity contribution in [1.82, 2.24) is 4.98 Å². The molecule has 0 bridgehead atoms. The second-order valence-electron chi connectivity index (χ2n) is 3.43. The van der Waals surface area contributed by atoms with Crippen LogP contribution < -0.4 is 0 Å². The number of rotatable bonds is 1. The fourth-order valence-electron chi connectivity index (χ4n) is 1.44. The molecule has 1 nitrogen and oxygen atoms in total. The summed E-state index contributed by atoms with van der Waals surface area (Å²) in [7, 11) is 0. The van der Waals surface area contributed by atoms with Gasteiger partial charge in [0.05, 0.1) is 5.56 Å². The quantitative estimate of drug-likeness (QED) is 0.737. The standard InChI is InChI=1S/C12H7ClF3N/c13-11-4-3-9(12(14,15)16)6-10(11)8-2-1-5-17-7-8/h1-7H. The lowest BCUT2D eigenvalue weighted by atomic mass is 10.0. The number of nitrogens with zero attached hydrogens (tertiary/aromatic N) is 1. The van der Waals surface area contributed by atoms with Gasteiger partial charge in [-0.2, -0.15) is 13.2 Å². The SMILES string of the molecule is FC(F)(F)c1ccc(Cl)c(-c2cccnc2)c1. The summed E-state index contributed by atoms with van der Waals surface area (Å²) in [5.74, 6) is 0. The number of hydrogen-bond acceptors (Lipinski definition) is 1. The summed E-state index contributed by atoms with van der Waals surface area (Å²) < 4.78 is 37.7. The van der Waals surface area contributed by atoms with Gasteiger partial charge in [0.2, 0.25) is 0 Å². The summed E-state index contributed by atoms with van der Waals surface area (Å²) in [6.45, 7) is 0. The first-order valence-electron chi connectivity index (χ1n) is 4.75. The van der Waals surface area contributed by atoms with Gasteiger partial charge >= 0.3 is 6.18 Å². The van der Waals surface area contributed by atoms with Crippen molar-refractivity contribution in [3.8, 4) is 11.1 Å². The van der Waals surface area contributed by atoms with Crippen LogP contribution in [0.1, 0.15) is 5.56 Å². The Morgan fingerprint density at radius 2 is 1.88 bits per heavy atom. The van der Waals surface area contributed by atoms with Crippen molar-refractivity contribution >= 4 is 11.6 Å². The summed E-state index contributed by atoms with van der Waals surface area (Å²) in [5.41, 5.74) is 0.166. The molecule has 0 fully saturated rings. The lowest BCUT2D eigenvalue weighted by Crippen LogP contribution is -2.04. The molecule has 0 unspecified atom stereocenters. The zero-order valence-corrected chi connectivity index (χ0v) is 9.26. The fourth-order valence-corrected chi connectivity index (χ4v) is 1.67. The van der Waals surface area contributed by atoms with E-state index in [1.54, 1.807) is 18.3 Å². The van der Waals surface area contributed by atoms with Gasteiger partial charge in [0, 0.05) is 28.5 Å². The minimum absolute atomic E-state index is 0.269. The van der Waals surface area contributed by atoms with Crippen LogP contribution in [0.4, 0.5) is 13.2 Å². The van der Waals surface area contributed by atoms with Crippen molar-refractivity contribution in [2.45, 2.75) is 6.18 Å². The summed E-state index contributed by atoms with van der Waals surface area (Å²) >= 11 is 5.89. The van der Waals surface area contributed by atoms with Gasteiger partial charge in [0.25, 0.3) is 0 Å². The van der Waals surface area contributed by atoms with Gasteiger partial charge in [0.1, 0.15) is 0 Å². The molecule has 0 atom stereocenters. The first-order valence-corrected chi connectivity index (χ1v) is 5.13. The maximum atomic E-state index is 12.6. The highest BCUT2D eigenvalue weighted by atomic mass is 35.5. The van der Waals surface area contributed by atoms with Crippen LogP contribution in [-0.2, 0) is 6.18 Å². The molecule has 88 valence electrons. The average Bonchev–Trinajstić information content (AvgIpc) is 2.29. The maximum Gasteiger partial charge on any atom is 0.416 e. The summed E-state index contributed by atoms with van der Waals surface area (Å²) in [6, 6.07) is 6.54. The predicted octanol–water partition coefficient (Wildman–Crippen LogP) is 4.42. The van der Waals surface area contributed by atoms with Gasteiger partial charge in [-0.15, -0.1) is 0 Å². The summed E-state index contributed by atoms with van der Waals surface area (Å²) in [5, 5.41) is 0.269. The van der Waals surface area contributed by atoms with Gasteiger partial charge < -0.3 is 0 Å². The number of halogens is 4. The highest BCUT2D eigenvalue weighted by Gasteiger charge is 2.31. The molecular weight excluding hydrogens is 251 g/mol. The molecule has 0 saturated heterocycles. The first kappa shape index (κ1) is 11.9. The number of alkyl halides is 3. The topological polar surface area (TPSA) is 12.9 Å². The van der Waals surface area contributed by atoms with Crippen molar-refractivity contribution in [2.24, 2.45) is 0 Å². The molecule has 0 aliphatic carbocycles. The van der Waals surface area contributed by atoms with Crippen molar-refractivity contribution in [2.75, 3.05) is 0 Å². The minimum atomic E-state index is -4.37. The van der Waals surface area contributed by atoms with E-state index in [4.69, 9.17) is 11.6 Å². The van der Waals surface area contributed by atoms with Crippen molar-refractivity contribution in [3.05, 3.63) is 53.3 Å². The van der Waals surface area contributed by atoms with Gasteiger partial charge in [-0.3, -0.25) is 4.98 Å². The van der Waals surface area contributed by atoms with E-state index >= 15 is 0 Å². The van der Waals surface area contributed by atoms with E-state index < -0.39 is 11.7 Å². The second-order valence-corrected chi connectivity index (χ2v) is 3.84. The molecular formula is C12H7ClF3N. The molecule has 1 aromatic carbocycles. The average molecular weight is 258 g/mol. The Kier molecular flexibility index (Phi) is 3.07. The van der Waals surface area contributed by atoms with Crippen LogP contribution in [-0.4, -0.2) is 4.98 Å². The third kappa shape index (κ3) is 2.58. The molecule has 0 saturated carbocycles. The summed E-state index contributed by atoms with van der Waals surface area (Å²) in [6.07, 6.45) is -1.35. The molecule has 0 radical (unpaired) electrons. The first-order chi connectivity index (χ1) is 7.98. The Morgan fingerprint density at radius 3 is 2.47 bits per heavy atom. The Morgan fingerprint density at radius 1 is 1.12 bits per heavy atom. The number of aromatic nitrogens is 1. The van der Waals surface area contributed by atoms with E-state index in [1.165, 1.54) is 12.3 Å². The van der Waals surface area contributed by atoms with Crippen LogP contribution in [0.25, 0.3) is 11.1 Å². The summed E-state index contributed by atoms with van der Waals surface area (Å²) in [4.78, 5) is 3.85. The minimum Gasteiger partial charge on any atom is -0.264 e. The molecule has 17 heavy (non-hydrogen) atoms. The second kappa shape index (κ2) is 4.37. The Hall–Kier alpha value is -1.55. The highest BCUT2D eigenvalue weighted by Crippen LogP contribution is 2.35. The molecule has 0 N–H and O–H groups in total.